The molecular formula is C20H31N. The number of hydrogen-bond donors (Lipinski definition) is 0. The standard InChI is InChI=1S/C20H31N/c1-20(2,3)19-17-11-7-6-10-16(17)12-13-18(19)21-14-8-4-5-9-15-21/h6-7,10-11,18-19H,4-5,8-9,12-15H2,1-3H3. The van der Waals surface area contributed by atoms with Crippen LogP contribution in [0.25, 0.3) is 0 Å². The molecule has 1 aliphatic carbocycles. The minimum atomic E-state index is 0.341. The second-order valence-corrected chi connectivity index (χ2v) is 8.10. The molecular weight excluding hydrogens is 254 g/mol. The van der Waals surface area contributed by atoms with Gasteiger partial charge in [-0.2, -0.15) is 0 Å². The fourth-order valence-electron chi connectivity index (χ4n) is 4.61. The smallest absolute Gasteiger partial charge is 0.0172 e. The van der Waals surface area contributed by atoms with Crippen LogP contribution in [0.2, 0.25) is 0 Å². The van der Waals surface area contributed by atoms with E-state index >= 15 is 0 Å². The molecule has 0 radical (unpaired) electrons. The summed E-state index contributed by atoms with van der Waals surface area (Å²) in [6.45, 7) is 9.94. The van der Waals surface area contributed by atoms with Crippen molar-refractivity contribution in [3.05, 3.63) is 35.4 Å². The zero-order chi connectivity index (χ0) is 14.9. The molecule has 3 rings (SSSR count). The summed E-state index contributed by atoms with van der Waals surface area (Å²) in [7, 11) is 0. The largest absolute Gasteiger partial charge is 0.300 e. The van der Waals surface area contributed by atoms with Crippen LogP contribution in [-0.2, 0) is 6.42 Å². The van der Waals surface area contributed by atoms with Crippen molar-refractivity contribution in [2.24, 2.45) is 5.41 Å². The van der Waals surface area contributed by atoms with Gasteiger partial charge in [0.05, 0.1) is 0 Å². The van der Waals surface area contributed by atoms with Crippen LogP contribution in [-0.4, -0.2) is 24.0 Å². The maximum absolute atomic E-state index is 2.83. The lowest BCUT2D eigenvalue weighted by Gasteiger charge is -2.46. The van der Waals surface area contributed by atoms with Gasteiger partial charge in [0, 0.05) is 12.0 Å². The Kier molecular flexibility index (Phi) is 4.40. The average molecular weight is 285 g/mol. The van der Waals surface area contributed by atoms with Gasteiger partial charge in [-0.25, -0.2) is 0 Å². The van der Waals surface area contributed by atoms with E-state index in [1.165, 1.54) is 51.6 Å². The van der Waals surface area contributed by atoms with E-state index in [4.69, 9.17) is 0 Å². The fourth-order valence-corrected chi connectivity index (χ4v) is 4.61. The van der Waals surface area contributed by atoms with Gasteiger partial charge in [0.25, 0.3) is 0 Å². The summed E-state index contributed by atoms with van der Waals surface area (Å²) in [5.74, 6) is 0.681. The van der Waals surface area contributed by atoms with Gasteiger partial charge in [-0.1, -0.05) is 57.9 Å². The Morgan fingerprint density at radius 3 is 2.29 bits per heavy atom. The molecule has 1 nitrogen and oxygen atoms in total. The molecule has 0 aromatic heterocycles. The number of nitrogens with zero attached hydrogens (tertiary/aromatic N) is 1. The second kappa shape index (κ2) is 6.12. The predicted molar refractivity (Wildman–Crippen MR) is 90.8 cm³/mol. The highest BCUT2D eigenvalue weighted by Gasteiger charge is 2.40. The quantitative estimate of drug-likeness (QED) is 0.701. The first-order valence-corrected chi connectivity index (χ1v) is 8.89. The molecule has 1 aromatic rings. The second-order valence-electron chi connectivity index (χ2n) is 8.10. The van der Waals surface area contributed by atoms with E-state index < -0.39 is 0 Å². The van der Waals surface area contributed by atoms with Gasteiger partial charge in [-0.3, -0.25) is 4.90 Å². The molecule has 0 spiro atoms. The number of rotatable bonds is 1. The molecule has 0 amide bonds. The van der Waals surface area contributed by atoms with E-state index in [0.717, 1.165) is 6.04 Å². The average Bonchev–Trinajstić information content (AvgIpc) is 2.74. The van der Waals surface area contributed by atoms with Gasteiger partial charge in [-0.15, -0.1) is 0 Å². The summed E-state index contributed by atoms with van der Waals surface area (Å²) in [4.78, 5) is 2.83. The first-order chi connectivity index (χ1) is 10.1. The Labute approximate surface area is 130 Å². The molecule has 0 saturated carbocycles. The van der Waals surface area contributed by atoms with Crippen molar-refractivity contribution in [1.82, 2.24) is 4.90 Å². The lowest BCUT2D eigenvalue weighted by molar-refractivity contribution is 0.108. The van der Waals surface area contributed by atoms with Gasteiger partial charge in [-0.05, 0) is 55.3 Å². The summed E-state index contributed by atoms with van der Waals surface area (Å²) < 4.78 is 0. The minimum Gasteiger partial charge on any atom is -0.300 e. The van der Waals surface area contributed by atoms with Crippen molar-refractivity contribution in [2.75, 3.05) is 13.1 Å². The molecule has 2 unspecified atom stereocenters. The maximum Gasteiger partial charge on any atom is 0.0172 e. The van der Waals surface area contributed by atoms with E-state index in [2.05, 4.69) is 49.9 Å². The lowest BCUT2D eigenvalue weighted by atomic mass is 9.66. The molecule has 2 atom stereocenters. The lowest BCUT2D eigenvalue weighted by Crippen LogP contribution is -2.46. The van der Waals surface area contributed by atoms with Crippen molar-refractivity contribution in [3.8, 4) is 0 Å². The zero-order valence-electron chi connectivity index (χ0n) is 14.1. The molecule has 1 heterocycles. The van der Waals surface area contributed by atoms with Crippen LogP contribution in [0.4, 0.5) is 0 Å². The maximum atomic E-state index is 2.83. The van der Waals surface area contributed by atoms with Gasteiger partial charge in [0.1, 0.15) is 0 Å². The van der Waals surface area contributed by atoms with E-state index in [1.807, 2.05) is 0 Å². The SMILES string of the molecule is CC(C)(C)C1c2ccccc2CCC1N1CCCCCC1. The Morgan fingerprint density at radius 2 is 1.62 bits per heavy atom. The molecule has 0 bridgehead atoms. The normalized spacial score (nSPS) is 28.0. The van der Waals surface area contributed by atoms with Crippen molar-refractivity contribution in [1.29, 1.82) is 0 Å². The summed E-state index contributed by atoms with van der Waals surface area (Å²) in [6.07, 6.45) is 8.27. The molecule has 116 valence electrons. The first kappa shape index (κ1) is 15.1. The number of aryl methyl sites for hydroxylation is 1. The van der Waals surface area contributed by atoms with Gasteiger partial charge in [0.15, 0.2) is 0 Å². The Morgan fingerprint density at radius 1 is 0.952 bits per heavy atom. The van der Waals surface area contributed by atoms with Crippen LogP contribution in [0, 0.1) is 5.41 Å². The zero-order valence-corrected chi connectivity index (χ0v) is 14.1. The Balaban J connectivity index is 1.93. The third-order valence-corrected chi connectivity index (χ3v) is 5.53. The van der Waals surface area contributed by atoms with E-state index in [1.54, 1.807) is 11.1 Å². The minimum absolute atomic E-state index is 0.341. The fraction of sp³-hybridized carbons (Fsp3) is 0.700. The molecule has 1 aliphatic heterocycles. The van der Waals surface area contributed by atoms with E-state index in [-0.39, 0.29) is 0 Å². The number of fused-ring (bicyclic) bond motifs is 1. The summed E-state index contributed by atoms with van der Waals surface area (Å²) in [5, 5.41) is 0. The third-order valence-electron chi connectivity index (χ3n) is 5.53. The molecule has 21 heavy (non-hydrogen) atoms. The van der Waals surface area contributed by atoms with Crippen LogP contribution in [0.3, 0.4) is 0 Å². The van der Waals surface area contributed by atoms with E-state index in [9.17, 15) is 0 Å². The van der Waals surface area contributed by atoms with Crippen molar-refractivity contribution < 1.29 is 0 Å². The monoisotopic (exact) mass is 285 g/mol. The van der Waals surface area contributed by atoms with Gasteiger partial charge in [0.2, 0.25) is 0 Å². The highest BCUT2D eigenvalue weighted by atomic mass is 15.2. The summed E-state index contributed by atoms with van der Waals surface area (Å²) >= 11 is 0. The molecule has 1 aromatic carbocycles. The molecule has 0 N–H and O–H groups in total. The van der Waals surface area contributed by atoms with Gasteiger partial charge < -0.3 is 0 Å². The number of likely N-dealkylation sites (tertiary alicyclic amines) is 1. The van der Waals surface area contributed by atoms with Crippen molar-refractivity contribution in [2.45, 2.75) is 71.3 Å². The Hall–Kier alpha value is -0.820. The van der Waals surface area contributed by atoms with Crippen LogP contribution in [0.1, 0.15) is 69.9 Å². The van der Waals surface area contributed by atoms with Crippen LogP contribution < -0.4 is 0 Å². The summed E-state index contributed by atoms with van der Waals surface area (Å²) in [5.41, 5.74) is 3.57. The molecule has 1 fully saturated rings. The van der Waals surface area contributed by atoms with Crippen LogP contribution >= 0.6 is 0 Å². The first-order valence-electron chi connectivity index (χ1n) is 8.89. The predicted octanol–water partition coefficient (Wildman–Crippen LogP) is 5.01. The Bertz CT molecular complexity index is 463. The van der Waals surface area contributed by atoms with Gasteiger partial charge >= 0.3 is 0 Å². The summed E-state index contributed by atoms with van der Waals surface area (Å²) in [6, 6.07) is 9.95. The molecule has 2 aliphatic rings. The third kappa shape index (κ3) is 3.18. The number of hydrogen-bond acceptors (Lipinski definition) is 1. The molecule has 1 heteroatoms. The number of benzene rings is 1. The topological polar surface area (TPSA) is 3.24 Å². The van der Waals surface area contributed by atoms with Crippen molar-refractivity contribution >= 4 is 0 Å². The highest BCUT2D eigenvalue weighted by molar-refractivity contribution is 5.35. The molecule has 1 saturated heterocycles. The van der Waals surface area contributed by atoms with Crippen LogP contribution in [0.5, 0.6) is 0 Å². The van der Waals surface area contributed by atoms with E-state index in [0.29, 0.717) is 11.3 Å². The highest BCUT2D eigenvalue weighted by Crippen LogP contribution is 2.45. The van der Waals surface area contributed by atoms with Crippen molar-refractivity contribution in [3.63, 3.8) is 0 Å². The van der Waals surface area contributed by atoms with Crippen LogP contribution in [0.15, 0.2) is 24.3 Å².